The number of methoxy groups -OCH3 is 1. The van der Waals surface area contributed by atoms with Gasteiger partial charge in [-0.1, -0.05) is 4.49 Å². The Balaban J connectivity index is 0.00000162. The van der Waals surface area contributed by atoms with Gasteiger partial charge in [0.15, 0.2) is 5.69 Å². The lowest BCUT2D eigenvalue weighted by Crippen LogP contribution is -2.53. The van der Waals surface area contributed by atoms with E-state index in [0.29, 0.717) is 18.8 Å². The average molecular weight is 293 g/mol. The van der Waals surface area contributed by atoms with E-state index >= 15 is 0 Å². The normalized spacial score (nSPS) is 22.5. The Morgan fingerprint density at radius 1 is 1.72 bits per heavy atom. The molecule has 2 N–H and O–H groups in total. The van der Waals surface area contributed by atoms with Gasteiger partial charge in [0, 0.05) is 19.0 Å². The number of amides is 1. The fraction of sp³-hybridized carbons (Fsp3) is 0.700. The van der Waals surface area contributed by atoms with Crippen molar-refractivity contribution in [2.75, 3.05) is 26.8 Å². The lowest BCUT2D eigenvalue weighted by Gasteiger charge is -2.28. The predicted molar refractivity (Wildman–Crippen MR) is 71.3 cm³/mol. The third-order valence-corrected chi connectivity index (χ3v) is 3.44. The van der Waals surface area contributed by atoms with Crippen LogP contribution in [0.15, 0.2) is 5.38 Å². The maximum Gasteiger partial charge on any atom is 0.272 e. The zero-order valence-electron chi connectivity index (χ0n) is 10.1. The number of ether oxygens (including phenoxy) is 1. The predicted octanol–water partition coefficient (Wildman–Crippen LogP) is 0.458. The molecule has 0 spiro atoms. The summed E-state index contributed by atoms with van der Waals surface area (Å²) >= 11 is 1.17. The average Bonchev–Trinajstić information content (AvgIpc) is 2.98. The summed E-state index contributed by atoms with van der Waals surface area (Å²) in [4.78, 5) is 11.7. The number of rotatable bonds is 5. The fourth-order valence-electron chi connectivity index (χ4n) is 2.07. The van der Waals surface area contributed by atoms with Gasteiger partial charge in [-0.25, -0.2) is 0 Å². The van der Waals surface area contributed by atoms with Crippen molar-refractivity contribution in [2.24, 2.45) is 0 Å². The number of hydrogen-bond acceptors (Lipinski definition) is 6. The van der Waals surface area contributed by atoms with Crippen LogP contribution in [0.1, 0.15) is 23.3 Å². The van der Waals surface area contributed by atoms with Gasteiger partial charge in [0.1, 0.15) is 0 Å². The van der Waals surface area contributed by atoms with Crippen LogP contribution in [-0.4, -0.2) is 47.8 Å². The Labute approximate surface area is 116 Å². The van der Waals surface area contributed by atoms with Crippen LogP contribution >= 0.6 is 23.9 Å². The Bertz CT molecular complexity index is 368. The number of nitrogens with one attached hydrogen (secondary N) is 2. The maximum atomic E-state index is 11.7. The van der Waals surface area contributed by atoms with Crippen molar-refractivity contribution in [1.29, 1.82) is 0 Å². The smallest absolute Gasteiger partial charge is 0.272 e. The number of carbonyl (C=O) groups is 1. The second kappa shape index (κ2) is 6.98. The van der Waals surface area contributed by atoms with Crippen molar-refractivity contribution >= 4 is 29.8 Å². The Morgan fingerprint density at radius 3 is 3.11 bits per heavy atom. The molecule has 0 bridgehead atoms. The van der Waals surface area contributed by atoms with Gasteiger partial charge in [-0.05, 0) is 30.9 Å². The van der Waals surface area contributed by atoms with Crippen molar-refractivity contribution in [2.45, 2.75) is 18.4 Å². The summed E-state index contributed by atoms with van der Waals surface area (Å²) in [5.41, 5.74) is 0.244. The minimum absolute atomic E-state index is 0. The highest BCUT2D eigenvalue weighted by atomic mass is 35.5. The van der Waals surface area contributed by atoms with Crippen LogP contribution in [0.25, 0.3) is 0 Å². The first-order chi connectivity index (χ1) is 8.26. The SMILES string of the molecule is COCC1(CNC(=O)c2csnn2)CCCN1.Cl. The number of nitrogens with zero attached hydrogens (tertiary/aromatic N) is 2. The van der Waals surface area contributed by atoms with E-state index in [1.807, 2.05) is 0 Å². The highest BCUT2D eigenvalue weighted by Gasteiger charge is 2.33. The summed E-state index contributed by atoms with van der Waals surface area (Å²) in [6.07, 6.45) is 2.12. The standard InChI is InChI=1S/C10H16N4O2S.ClH/c1-16-7-10(3-2-4-12-10)6-11-9(15)8-5-17-14-13-8;/h5,12H,2-4,6-7H2,1H3,(H,11,15);1H. The molecule has 2 rings (SSSR count). The van der Waals surface area contributed by atoms with E-state index in [2.05, 4.69) is 20.2 Å². The third kappa shape index (κ3) is 3.61. The summed E-state index contributed by atoms with van der Waals surface area (Å²) in [5.74, 6) is -0.178. The van der Waals surface area contributed by atoms with Gasteiger partial charge in [-0.3, -0.25) is 4.79 Å². The van der Waals surface area contributed by atoms with Gasteiger partial charge < -0.3 is 15.4 Å². The summed E-state index contributed by atoms with van der Waals surface area (Å²) in [6.45, 7) is 2.12. The molecule has 1 aromatic rings. The van der Waals surface area contributed by atoms with E-state index in [-0.39, 0.29) is 23.9 Å². The summed E-state index contributed by atoms with van der Waals surface area (Å²) in [5, 5.41) is 11.6. The van der Waals surface area contributed by atoms with Crippen LogP contribution < -0.4 is 10.6 Å². The highest BCUT2D eigenvalue weighted by Crippen LogP contribution is 2.18. The fourth-order valence-corrected chi connectivity index (χ4v) is 2.51. The zero-order valence-corrected chi connectivity index (χ0v) is 11.8. The van der Waals surface area contributed by atoms with Crippen molar-refractivity contribution in [3.8, 4) is 0 Å². The van der Waals surface area contributed by atoms with Gasteiger partial charge in [0.25, 0.3) is 5.91 Å². The number of carbonyl (C=O) groups excluding carboxylic acids is 1. The molecule has 1 fully saturated rings. The number of halogens is 1. The first kappa shape index (κ1) is 15.3. The Morgan fingerprint density at radius 2 is 2.56 bits per heavy atom. The first-order valence-corrected chi connectivity index (χ1v) is 6.39. The molecule has 8 heteroatoms. The monoisotopic (exact) mass is 292 g/mol. The van der Waals surface area contributed by atoms with E-state index in [4.69, 9.17) is 4.74 Å². The molecule has 18 heavy (non-hydrogen) atoms. The summed E-state index contributed by atoms with van der Waals surface area (Å²) in [7, 11) is 1.67. The van der Waals surface area contributed by atoms with Crippen LogP contribution in [-0.2, 0) is 4.74 Å². The van der Waals surface area contributed by atoms with Crippen molar-refractivity contribution in [3.63, 3.8) is 0 Å². The molecule has 1 atom stereocenters. The van der Waals surface area contributed by atoms with Crippen molar-refractivity contribution in [1.82, 2.24) is 20.2 Å². The molecule has 1 aliphatic heterocycles. The first-order valence-electron chi connectivity index (χ1n) is 5.55. The number of hydrogen-bond donors (Lipinski definition) is 2. The second-order valence-corrected chi connectivity index (χ2v) is 4.83. The lowest BCUT2D eigenvalue weighted by atomic mass is 9.98. The highest BCUT2D eigenvalue weighted by molar-refractivity contribution is 7.03. The Kier molecular flexibility index (Phi) is 5.94. The zero-order chi connectivity index (χ0) is 12.1. The molecule has 1 unspecified atom stereocenters. The van der Waals surface area contributed by atoms with E-state index in [9.17, 15) is 4.79 Å². The van der Waals surface area contributed by atoms with Crippen LogP contribution in [0.3, 0.4) is 0 Å². The molecule has 1 saturated heterocycles. The van der Waals surface area contributed by atoms with E-state index in [1.165, 1.54) is 11.5 Å². The van der Waals surface area contributed by atoms with Crippen LogP contribution in [0.5, 0.6) is 0 Å². The molecule has 6 nitrogen and oxygen atoms in total. The molecule has 1 aliphatic rings. The van der Waals surface area contributed by atoms with Gasteiger partial charge >= 0.3 is 0 Å². The summed E-state index contributed by atoms with van der Waals surface area (Å²) in [6, 6.07) is 0. The van der Waals surface area contributed by atoms with Gasteiger partial charge in [-0.15, -0.1) is 17.5 Å². The van der Waals surface area contributed by atoms with E-state index in [0.717, 1.165) is 19.4 Å². The van der Waals surface area contributed by atoms with Gasteiger partial charge in [-0.2, -0.15) is 0 Å². The minimum Gasteiger partial charge on any atom is -0.383 e. The van der Waals surface area contributed by atoms with E-state index < -0.39 is 0 Å². The minimum atomic E-state index is -0.178. The topological polar surface area (TPSA) is 76.1 Å². The second-order valence-electron chi connectivity index (χ2n) is 4.22. The third-order valence-electron chi connectivity index (χ3n) is 2.93. The van der Waals surface area contributed by atoms with Crippen molar-refractivity contribution in [3.05, 3.63) is 11.1 Å². The van der Waals surface area contributed by atoms with Crippen LogP contribution in [0, 0.1) is 0 Å². The molecular weight excluding hydrogens is 276 g/mol. The molecule has 1 amide bonds. The van der Waals surface area contributed by atoms with Gasteiger partial charge in [0.05, 0.1) is 12.1 Å². The van der Waals surface area contributed by atoms with Crippen LogP contribution in [0.4, 0.5) is 0 Å². The quantitative estimate of drug-likeness (QED) is 0.824. The molecule has 1 aromatic heterocycles. The number of aromatic nitrogens is 2. The summed E-state index contributed by atoms with van der Waals surface area (Å²) < 4.78 is 8.88. The van der Waals surface area contributed by atoms with Crippen LogP contribution in [0.2, 0.25) is 0 Å². The Hall–Kier alpha value is -0.760. The molecule has 2 heterocycles. The van der Waals surface area contributed by atoms with Gasteiger partial charge in [0.2, 0.25) is 0 Å². The molecule has 0 aliphatic carbocycles. The molecule has 102 valence electrons. The lowest BCUT2D eigenvalue weighted by molar-refractivity contribution is 0.0887. The molecular formula is C10H17ClN4O2S. The van der Waals surface area contributed by atoms with E-state index in [1.54, 1.807) is 12.5 Å². The van der Waals surface area contributed by atoms with Crippen molar-refractivity contribution < 1.29 is 9.53 Å². The molecule has 0 radical (unpaired) electrons. The largest absolute Gasteiger partial charge is 0.383 e. The molecule has 0 saturated carbocycles. The molecule has 0 aromatic carbocycles. The maximum absolute atomic E-state index is 11.7.